The lowest BCUT2D eigenvalue weighted by atomic mass is 10.2. The molecule has 0 spiro atoms. The average Bonchev–Trinajstić information content (AvgIpc) is 2.42. The Morgan fingerprint density at radius 2 is 2.00 bits per heavy atom. The predicted molar refractivity (Wildman–Crippen MR) is 80.0 cm³/mol. The minimum absolute atomic E-state index is 0.405. The lowest BCUT2D eigenvalue weighted by Crippen LogP contribution is -2.09. The monoisotopic (exact) mass is 284 g/mol. The first-order valence-corrected chi connectivity index (χ1v) is 7.93. The fourth-order valence-electron chi connectivity index (χ4n) is 1.25. The Kier molecular flexibility index (Phi) is 7.55. The Bertz CT molecular complexity index is 376. The first-order valence-electron chi connectivity index (χ1n) is 6.95. The lowest BCUT2D eigenvalue weighted by Gasteiger charge is -2.09. The summed E-state index contributed by atoms with van der Waals surface area (Å²) in [5, 5.41) is 3.91. The fourth-order valence-corrected chi connectivity index (χ4v) is 2.21. The second kappa shape index (κ2) is 8.96. The van der Waals surface area contributed by atoms with Crippen LogP contribution < -0.4 is 10.1 Å². The van der Waals surface area contributed by atoms with E-state index in [4.69, 9.17) is 4.74 Å². The van der Waals surface area contributed by atoms with Crippen molar-refractivity contribution in [2.45, 2.75) is 45.7 Å². The lowest BCUT2D eigenvalue weighted by molar-refractivity contribution is 0.308. The Hall–Kier alpha value is -1.04. The highest BCUT2D eigenvalue weighted by Crippen LogP contribution is 2.21. The summed E-state index contributed by atoms with van der Waals surface area (Å²) in [7, 11) is 0. The first kappa shape index (κ1) is 16.0. The molecule has 6 heteroatoms. The molecule has 0 saturated heterocycles. The molecule has 1 aromatic heterocycles. The van der Waals surface area contributed by atoms with Crippen molar-refractivity contribution in [1.29, 1.82) is 0 Å². The number of nitrogens with zero attached hydrogens (tertiary/aromatic N) is 3. The molecule has 1 heterocycles. The van der Waals surface area contributed by atoms with E-state index in [1.54, 1.807) is 11.8 Å². The third kappa shape index (κ3) is 6.09. The van der Waals surface area contributed by atoms with Gasteiger partial charge in [-0.25, -0.2) is 0 Å². The summed E-state index contributed by atoms with van der Waals surface area (Å²) in [6.07, 6.45) is 2.20. The molecule has 0 saturated carbocycles. The second-order valence-corrected chi connectivity index (χ2v) is 5.40. The normalized spacial score (nSPS) is 12.2. The third-order valence-electron chi connectivity index (χ3n) is 2.59. The van der Waals surface area contributed by atoms with Crippen LogP contribution in [0.1, 0.15) is 40.5 Å². The van der Waals surface area contributed by atoms with Crippen LogP contribution in [-0.4, -0.2) is 33.9 Å². The number of hydrogen-bond acceptors (Lipinski definition) is 6. The summed E-state index contributed by atoms with van der Waals surface area (Å²) in [5.74, 6) is 2.27. The van der Waals surface area contributed by atoms with Gasteiger partial charge in [0.2, 0.25) is 5.95 Å². The van der Waals surface area contributed by atoms with Crippen LogP contribution in [0, 0.1) is 5.92 Å². The Morgan fingerprint density at radius 3 is 2.63 bits per heavy atom. The molecule has 0 radical (unpaired) electrons. The predicted octanol–water partition coefficient (Wildman–Crippen LogP) is 3.23. The number of nitrogens with one attached hydrogen (secondary N) is 1. The smallest absolute Gasteiger partial charge is 0.322 e. The molecule has 0 fully saturated rings. The van der Waals surface area contributed by atoms with Gasteiger partial charge in [-0.3, -0.25) is 0 Å². The van der Waals surface area contributed by atoms with Gasteiger partial charge in [0.15, 0.2) is 5.16 Å². The van der Waals surface area contributed by atoms with Crippen LogP contribution in [-0.2, 0) is 0 Å². The Balaban J connectivity index is 2.73. The Labute approximate surface area is 120 Å². The van der Waals surface area contributed by atoms with E-state index >= 15 is 0 Å². The van der Waals surface area contributed by atoms with E-state index < -0.39 is 0 Å². The Morgan fingerprint density at radius 1 is 1.21 bits per heavy atom. The molecule has 1 rings (SSSR count). The maximum atomic E-state index is 5.38. The zero-order valence-corrected chi connectivity index (χ0v) is 13.1. The van der Waals surface area contributed by atoms with Crippen molar-refractivity contribution in [3.63, 3.8) is 0 Å². The molecular formula is C13H24N4OS. The zero-order chi connectivity index (χ0) is 14.1. The van der Waals surface area contributed by atoms with Crippen LogP contribution in [0.15, 0.2) is 5.16 Å². The van der Waals surface area contributed by atoms with E-state index in [0.717, 1.165) is 30.3 Å². The maximum absolute atomic E-state index is 5.38. The van der Waals surface area contributed by atoms with E-state index in [9.17, 15) is 0 Å². The molecule has 108 valence electrons. The highest BCUT2D eigenvalue weighted by Gasteiger charge is 2.09. The average molecular weight is 284 g/mol. The van der Waals surface area contributed by atoms with Gasteiger partial charge in [0.05, 0.1) is 6.61 Å². The summed E-state index contributed by atoms with van der Waals surface area (Å²) in [5.41, 5.74) is 0. The summed E-state index contributed by atoms with van der Waals surface area (Å²) in [6.45, 7) is 9.87. The van der Waals surface area contributed by atoms with Gasteiger partial charge in [0, 0.05) is 12.3 Å². The number of aromatic nitrogens is 3. The molecule has 19 heavy (non-hydrogen) atoms. The molecule has 0 aliphatic heterocycles. The van der Waals surface area contributed by atoms with Crippen LogP contribution >= 0.6 is 11.8 Å². The highest BCUT2D eigenvalue weighted by atomic mass is 32.2. The summed E-state index contributed by atoms with van der Waals surface area (Å²) in [6, 6.07) is 0.405. The van der Waals surface area contributed by atoms with Crippen molar-refractivity contribution in [2.75, 3.05) is 24.2 Å². The second-order valence-electron chi connectivity index (χ2n) is 4.41. The standard InChI is InChI=1S/C13H24N4OS/c1-5-8-14-11-15-12(18-7-3)17-13(16-11)19-9-10(4)6-2/h10H,5-9H2,1-4H3,(H,14,15,16,17). The number of thioether (sulfide) groups is 1. The molecule has 0 aromatic carbocycles. The summed E-state index contributed by atoms with van der Waals surface area (Å²) in [4.78, 5) is 13.0. The summed E-state index contributed by atoms with van der Waals surface area (Å²) >= 11 is 1.66. The van der Waals surface area contributed by atoms with Crippen LogP contribution in [0.25, 0.3) is 0 Å². The number of anilines is 1. The SMILES string of the molecule is CCCNc1nc(OCC)nc(SCC(C)CC)n1. The first-order chi connectivity index (χ1) is 9.19. The van der Waals surface area contributed by atoms with E-state index in [1.807, 2.05) is 6.92 Å². The molecule has 1 atom stereocenters. The van der Waals surface area contributed by atoms with Crippen molar-refractivity contribution < 1.29 is 4.74 Å². The van der Waals surface area contributed by atoms with Crippen LogP contribution in [0.5, 0.6) is 6.01 Å². The van der Waals surface area contributed by atoms with E-state index in [1.165, 1.54) is 0 Å². The van der Waals surface area contributed by atoms with Crippen molar-refractivity contribution in [3.05, 3.63) is 0 Å². The van der Waals surface area contributed by atoms with Gasteiger partial charge in [-0.2, -0.15) is 15.0 Å². The van der Waals surface area contributed by atoms with E-state index in [-0.39, 0.29) is 0 Å². The van der Waals surface area contributed by atoms with Gasteiger partial charge in [0.1, 0.15) is 0 Å². The topological polar surface area (TPSA) is 59.9 Å². The van der Waals surface area contributed by atoms with Crippen LogP contribution in [0.3, 0.4) is 0 Å². The quantitative estimate of drug-likeness (QED) is 0.703. The van der Waals surface area contributed by atoms with Gasteiger partial charge in [-0.15, -0.1) is 0 Å². The van der Waals surface area contributed by atoms with Crippen molar-refractivity contribution in [2.24, 2.45) is 5.92 Å². The molecule has 0 aliphatic carbocycles. The molecule has 1 aromatic rings. The van der Waals surface area contributed by atoms with Gasteiger partial charge < -0.3 is 10.1 Å². The molecule has 0 amide bonds. The number of hydrogen-bond donors (Lipinski definition) is 1. The third-order valence-corrected chi connectivity index (χ3v) is 3.77. The molecular weight excluding hydrogens is 260 g/mol. The molecule has 0 aliphatic rings. The largest absolute Gasteiger partial charge is 0.464 e. The van der Waals surface area contributed by atoms with E-state index in [0.29, 0.717) is 24.5 Å². The van der Waals surface area contributed by atoms with Crippen LogP contribution in [0.2, 0.25) is 0 Å². The minimum Gasteiger partial charge on any atom is -0.464 e. The minimum atomic E-state index is 0.405. The molecule has 1 unspecified atom stereocenters. The fraction of sp³-hybridized carbons (Fsp3) is 0.769. The molecule has 5 nitrogen and oxygen atoms in total. The van der Waals surface area contributed by atoms with Crippen molar-refractivity contribution in [3.8, 4) is 6.01 Å². The number of rotatable bonds is 9. The maximum Gasteiger partial charge on any atom is 0.322 e. The molecule has 0 bridgehead atoms. The number of ether oxygens (including phenoxy) is 1. The van der Waals surface area contributed by atoms with Gasteiger partial charge in [-0.1, -0.05) is 39.0 Å². The zero-order valence-electron chi connectivity index (χ0n) is 12.3. The van der Waals surface area contributed by atoms with Crippen molar-refractivity contribution >= 4 is 17.7 Å². The highest BCUT2D eigenvalue weighted by molar-refractivity contribution is 7.99. The van der Waals surface area contributed by atoms with Crippen LogP contribution in [0.4, 0.5) is 5.95 Å². The molecule has 1 N–H and O–H groups in total. The van der Waals surface area contributed by atoms with Crippen molar-refractivity contribution in [1.82, 2.24) is 15.0 Å². The van der Waals surface area contributed by atoms with Gasteiger partial charge >= 0.3 is 6.01 Å². The van der Waals surface area contributed by atoms with E-state index in [2.05, 4.69) is 41.0 Å². The van der Waals surface area contributed by atoms with Gasteiger partial charge in [-0.05, 0) is 19.3 Å². The summed E-state index contributed by atoms with van der Waals surface area (Å²) < 4.78 is 5.38. The van der Waals surface area contributed by atoms with Gasteiger partial charge in [0.25, 0.3) is 0 Å².